The summed E-state index contributed by atoms with van der Waals surface area (Å²) in [6.07, 6.45) is 10.8. The van der Waals surface area contributed by atoms with Crippen molar-refractivity contribution in [3.63, 3.8) is 0 Å². The minimum absolute atomic E-state index is 0.115. The molecule has 0 bridgehead atoms. The van der Waals surface area contributed by atoms with Crippen LogP contribution in [0.1, 0.15) is 43.9 Å². The lowest BCUT2D eigenvalue weighted by molar-refractivity contribution is 0.660. The first-order valence-electron chi connectivity index (χ1n) is 8.19. The Bertz CT molecular complexity index is 729. The van der Waals surface area contributed by atoms with Gasteiger partial charge in [-0.3, -0.25) is 0 Å². The van der Waals surface area contributed by atoms with Gasteiger partial charge in [-0.25, -0.2) is 0 Å². The molecule has 22 heavy (non-hydrogen) atoms. The van der Waals surface area contributed by atoms with Crippen molar-refractivity contribution in [3.05, 3.63) is 83.5 Å². The van der Waals surface area contributed by atoms with Crippen molar-refractivity contribution in [2.75, 3.05) is 0 Å². The molecule has 0 saturated carbocycles. The van der Waals surface area contributed by atoms with Crippen LogP contribution in [0.5, 0.6) is 0 Å². The van der Waals surface area contributed by atoms with Crippen LogP contribution in [0.15, 0.2) is 66.8 Å². The Kier molecular flexibility index (Phi) is 4.02. The van der Waals surface area contributed by atoms with Gasteiger partial charge in [0.1, 0.15) is 0 Å². The SMILES string of the molecule is CC/C=C\C=C/Cc1ccc2c(c1)-c1ccccc1C2(C)C. The second kappa shape index (κ2) is 5.96. The Morgan fingerprint density at radius 1 is 0.864 bits per heavy atom. The predicted octanol–water partition coefficient (Wildman–Crippen LogP) is 6.06. The van der Waals surface area contributed by atoms with E-state index in [1.54, 1.807) is 0 Å². The monoisotopic (exact) mass is 288 g/mol. The normalized spacial score (nSPS) is 15.4. The molecule has 0 fully saturated rings. The van der Waals surface area contributed by atoms with Crippen LogP contribution in [0.3, 0.4) is 0 Å². The second-order valence-electron chi connectivity index (χ2n) is 6.52. The smallest absolute Gasteiger partial charge is 0.0158 e. The van der Waals surface area contributed by atoms with Crippen LogP contribution >= 0.6 is 0 Å². The van der Waals surface area contributed by atoms with Gasteiger partial charge in [0.25, 0.3) is 0 Å². The lowest BCUT2D eigenvalue weighted by Crippen LogP contribution is -2.14. The van der Waals surface area contributed by atoms with Crippen molar-refractivity contribution >= 4 is 0 Å². The van der Waals surface area contributed by atoms with Crippen LogP contribution in [-0.4, -0.2) is 0 Å². The first-order valence-corrected chi connectivity index (χ1v) is 8.19. The minimum Gasteiger partial charge on any atom is -0.0848 e. The van der Waals surface area contributed by atoms with E-state index >= 15 is 0 Å². The van der Waals surface area contributed by atoms with Crippen LogP contribution in [0, 0.1) is 0 Å². The number of hydrogen-bond acceptors (Lipinski definition) is 0. The first-order chi connectivity index (χ1) is 10.6. The molecule has 0 N–H and O–H groups in total. The van der Waals surface area contributed by atoms with E-state index in [1.807, 2.05) is 0 Å². The average Bonchev–Trinajstić information content (AvgIpc) is 2.76. The largest absolute Gasteiger partial charge is 0.0848 e. The Morgan fingerprint density at radius 2 is 1.59 bits per heavy atom. The van der Waals surface area contributed by atoms with Gasteiger partial charge in [0, 0.05) is 5.41 Å². The van der Waals surface area contributed by atoms with Crippen LogP contribution in [0.2, 0.25) is 0 Å². The van der Waals surface area contributed by atoms with Gasteiger partial charge < -0.3 is 0 Å². The fourth-order valence-electron chi connectivity index (χ4n) is 3.39. The maximum atomic E-state index is 2.37. The van der Waals surface area contributed by atoms with Gasteiger partial charge in [-0.2, -0.15) is 0 Å². The van der Waals surface area contributed by atoms with Crippen LogP contribution < -0.4 is 0 Å². The van der Waals surface area contributed by atoms with Gasteiger partial charge in [0.15, 0.2) is 0 Å². The predicted molar refractivity (Wildman–Crippen MR) is 96.3 cm³/mol. The summed E-state index contributed by atoms with van der Waals surface area (Å²) in [5.41, 5.74) is 7.21. The Hall–Kier alpha value is -2.08. The van der Waals surface area contributed by atoms with Crippen molar-refractivity contribution in [2.24, 2.45) is 0 Å². The van der Waals surface area contributed by atoms with E-state index in [2.05, 4.69) is 87.5 Å². The Balaban J connectivity index is 1.93. The van der Waals surface area contributed by atoms with Gasteiger partial charge in [-0.05, 0) is 40.7 Å². The molecule has 2 aromatic carbocycles. The fraction of sp³-hybridized carbons (Fsp3) is 0.273. The quantitative estimate of drug-likeness (QED) is 0.600. The number of fused-ring (bicyclic) bond motifs is 3. The number of rotatable bonds is 4. The average molecular weight is 288 g/mol. The molecule has 1 aliphatic rings. The van der Waals surface area contributed by atoms with Crippen molar-refractivity contribution in [2.45, 2.75) is 39.0 Å². The maximum absolute atomic E-state index is 2.37. The molecule has 0 heterocycles. The molecule has 0 heteroatoms. The lowest BCUT2D eigenvalue weighted by atomic mass is 9.82. The molecular formula is C22H24. The highest BCUT2D eigenvalue weighted by molar-refractivity contribution is 5.81. The highest BCUT2D eigenvalue weighted by Crippen LogP contribution is 2.48. The molecule has 1 aliphatic carbocycles. The van der Waals surface area contributed by atoms with E-state index < -0.39 is 0 Å². The lowest BCUT2D eigenvalue weighted by Gasteiger charge is -2.21. The number of benzene rings is 2. The third kappa shape index (κ3) is 2.54. The standard InChI is InChI=1S/C22H24/c1-4-5-6-7-8-11-17-14-15-21-19(16-17)18-12-9-10-13-20(18)22(21,2)3/h5-10,12-16H,4,11H2,1-3H3/b6-5-,8-7-. The summed E-state index contributed by atoms with van der Waals surface area (Å²) in [5, 5.41) is 0. The minimum atomic E-state index is 0.115. The summed E-state index contributed by atoms with van der Waals surface area (Å²) in [4.78, 5) is 0. The molecule has 0 aliphatic heterocycles. The molecule has 0 saturated heterocycles. The molecule has 3 rings (SSSR count). The molecule has 0 spiro atoms. The summed E-state index contributed by atoms with van der Waals surface area (Å²) in [7, 11) is 0. The van der Waals surface area contributed by atoms with E-state index in [4.69, 9.17) is 0 Å². The van der Waals surface area contributed by atoms with Gasteiger partial charge in [-0.15, -0.1) is 0 Å². The first kappa shape index (κ1) is 14.8. The van der Waals surface area contributed by atoms with Crippen molar-refractivity contribution in [3.8, 4) is 11.1 Å². The molecule has 112 valence electrons. The van der Waals surface area contributed by atoms with Crippen LogP contribution in [0.4, 0.5) is 0 Å². The molecule has 0 atom stereocenters. The van der Waals surface area contributed by atoms with E-state index in [0.29, 0.717) is 0 Å². The van der Waals surface area contributed by atoms with Gasteiger partial charge in [0.05, 0.1) is 0 Å². The molecule has 0 aromatic heterocycles. The third-order valence-electron chi connectivity index (χ3n) is 4.62. The zero-order chi connectivity index (χ0) is 15.6. The Morgan fingerprint density at radius 3 is 2.41 bits per heavy atom. The summed E-state index contributed by atoms with van der Waals surface area (Å²) in [6.45, 7) is 6.81. The molecular weight excluding hydrogens is 264 g/mol. The van der Waals surface area contributed by atoms with Crippen molar-refractivity contribution in [1.82, 2.24) is 0 Å². The van der Waals surface area contributed by atoms with Gasteiger partial charge in [-0.1, -0.05) is 87.5 Å². The molecule has 0 unspecified atom stereocenters. The van der Waals surface area contributed by atoms with Gasteiger partial charge >= 0.3 is 0 Å². The van der Waals surface area contributed by atoms with E-state index in [9.17, 15) is 0 Å². The summed E-state index contributed by atoms with van der Waals surface area (Å²) in [6, 6.07) is 15.8. The van der Waals surface area contributed by atoms with E-state index in [1.165, 1.54) is 27.8 Å². The molecule has 2 aromatic rings. The molecule has 0 nitrogen and oxygen atoms in total. The zero-order valence-corrected chi connectivity index (χ0v) is 13.8. The summed E-state index contributed by atoms with van der Waals surface area (Å²) in [5.74, 6) is 0. The van der Waals surface area contributed by atoms with Crippen molar-refractivity contribution in [1.29, 1.82) is 0 Å². The third-order valence-corrected chi connectivity index (χ3v) is 4.62. The summed E-state index contributed by atoms with van der Waals surface area (Å²) < 4.78 is 0. The zero-order valence-electron chi connectivity index (χ0n) is 13.8. The topological polar surface area (TPSA) is 0 Å². The maximum Gasteiger partial charge on any atom is 0.0158 e. The molecule has 0 amide bonds. The molecule has 0 radical (unpaired) electrons. The van der Waals surface area contributed by atoms with Gasteiger partial charge in [0.2, 0.25) is 0 Å². The number of allylic oxidation sites excluding steroid dienone is 4. The van der Waals surface area contributed by atoms with E-state index in [0.717, 1.165) is 12.8 Å². The fourth-order valence-corrected chi connectivity index (χ4v) is 3.39. The number of hydrogen-bond donors (Lipinski definition) is 0. The van der Waals surface area contributed by atoms with E-state index in [-0.39, 0.29) is 5.41 Å². The summed E-state index contributed by atoms with van der Waals surface area (Å²) >= 11 is 0. The van der Waals surface area contributed by atoms with Crippen LogP contribution in [-0.2, 0) is 11.8 Å². The Labute approximate surface area is 134 Å². The van der Waals surface area contributed by atoms with Crippen LogP contribution in [0.25, 0.3) is 11.1 Å². The highest BCUT2D eigenvalue weighted by Gasteiger charge is 2.34. The highest BCUT2D eigenvalue weighted by atomic mass is 14.4. The second-order valence-corrected chi connectivity index (χ2v) is 6.52. The van der Waals surface area contributed by atoms with Crippen molar-refractivity contribution < 1.29 is 0 Å².